The molecule has 9 nitrogen and oxygen atoms in total. The minimum Gasteiger partial charge on any atom is -0.460 e. The summed E-state index contributed by atoms with van der Waals surface area (Å²) in [5, 5.41) is 10.3. The monoisotopic (exact) mass is 523 g/mol. The first kappa shape index (κ1) is 26.6. The van der Waals surface area contributed by atoms with Crippen molar-refractivity contribution < 1.29 is 24.1 Å². The van der Waals surface area contributed by atoms with Crippen LogP contribution in [-0.4, -0.2) is 63.8 Å². The molecule has 5 rings (SSSR count). The largest absolute Gasteiger partial charge is 0.460 e. The van der Waals surface area contributed by atoms with Gasteiger partial charge in [0.1, 0.15) is 11.9 Å². The molecule has 38 heavy (non-hydrogen) atoms. The van der Waals surface area contributed by atoms with Crippen molar-refractivity contribution in [3.05, 3.63) is 51.9 Å². The fourth-order valence-corrected chi connectivity index (χ4v) is 5.55. The lowest BCUT2D eigenvalue weighted by Crippen LogP contribution is -2.31. The van der Waals surface area contributed by atoms with Crippen LogP contribution in [0.1, 0.15) is 49.8 Å². The second kappa shape index (κ2) is 11.4. The van der Waals surface area contributed by atoms with Crippen molar-refractivity contribution in [1.29, 1.82) is 0 Å². The van der Waals surface area contributed by atoms with Gasteiger partial charge < -0.3 is 28.5 Å². The van der Waals surface area contributed by atoms with Crippen LogP contribution >= 0.6 is 0 Å². The Kier molecular flexibility index (Phi) is 7.97. The smallest absolute Gasteiger partial charge is 0.311 e. The van der Waals surface area contributed by atoms with Crippen molar-refractivity contribution in [3.63, 3.8) is 0 Å². The van der Waals surface area contributed by atoms with E-state index in [1.54, 1.807) is 18.5 Å². The number of hydrogen-bond acceptors (Lipinski definition) is 7. The molecule has 0 amide bonds. The van der Waals surface area contributed by atoms with Crippen molar-refractivity contribution in [2.45, 2.75) is 64.2 Å². The van der Waals surface area contributed by atoms with Crippen LogP contribution < -0.4 is 5.56 Å². The van der Waals surface area contributed by atoms with Crippen molar-refractivity contribution in [2.75, 3.05) is 26.4 Å². The SMILES string of the molecule is Cc1cc(-c2nc3cc(CC[C@H](C(=O)O[C@H]4CCOC4)[C@@H](C)O)ccc3n2C2CCOCC2)cn(C)c1=O. The molecule has 2 saturated heterocycles. The normalized spacial score (nSPS) is 20.1. The van der Waals surface area contributed by atoms with Crippen molar-refractivity contribution in [1.82, 2.24) is 14.1 Å². The average molecular weight is 524 g/mol. The zero-order valence-corrected chi connectivity index (χ0v) is 22.4. The zero-order chi connectivity index (χ0) is 26.8. The van der Waals surface area contributed by atoms with E-state index >= 15 is 0 Å². The number of hydrogen-bond donors (Lipinski definition) is 1. The maximum Gasteiger partial charge on any atom is 0.311 e. The van der Waals surface area contributed by atoms with Crippen LogP contribution in [0.3, 0.4) is 0 Å². The van der Waals surface area contributed by atoms with Crippen LogP contribution in [0, 0.1) is 12.8 Å². The summed E-state index contributed by atoms with van der Waals surface area (Å²) in [6.07, 6.45) is 4.40. The number of aromatic nitrogens is 3. The van der Waals surface area contributed by atoms with E-state index in [9.17, 15) is 14.7 Å². The average Bonchev–Trinajstić information content (AvgIpc) is 3.55. The van der Waals surface area contributed by atoms with E-state index in [1.807, 2.05) is 19.2 Å². The first-order chi connectivity index (χ1) is 18.3. The molecule has 3 aromatic rings. The summed E-state index contributed by atoms with van der Waals surface area (Å²) in [6.45, 7) is 5.89. The molecule has 204 valence electrons. The number of rotatable bonds is 8. The lowest BCUT2D eigenvalue weighted by Gasteiger charge is -2.26. The number of aliphatic hydroxyl groups excluding tert-OH is 1. The lowest BCUT2D eigenvalue weighted by molar-refractivity contribution is -0.158. The summed E-state index contributed by atoms with van der Waals surface area (Å²) in [7, 11) is 1.77. The van der Waals surface area contributed by atoms with Crippen LogP contribution in [-0.2, 0) is 32.5 Å². The van der Waals surface area contributed by atoms with E-state index in [0.29, 0.717) is 51.3 Å². The van der Waals surface area contributed by atoms with E-state index in [4.69, 9.17) is 19.2 Å². The summed E-state index contributed by atoms with van der Waals surface area (Å²) >= 11 is 0. The third kappa shape index (κ3) is 5.55. The van der Waals surface area contributed by atoms with Gasteiger partial charge in [-0.3, -0.25) is 9.59 Å². The lowest BCUT2D eigenvalue weighted by atomic mass is 9.95. The Hall–Kier alpha value is -3.01. The molecule has 0 bridgehead atoms. The van der Waals surface area contributed by atoms with Gasteiger partial charge in [-0.25, -0.2) is 4.98 Å². The molecule has 2 aliphatic heterocycles. The number of ether oxygens (including phenoxy) is 3. The molecular formula is C29H37N3O6. The number of benzene rings is 1. The van der Waals surface area contributed by atoms with E-state index in [1.165, 1.54) is 0 Å². The number of carbonyl (C=O) groups is 1. The Labute approximate surface area is 222 Å². The van der Waals surface area contributed by atoms with E-state index in [2.05, 4.69) is 22.8 Å². The molecule has 1 aromatic carbocycles. The number of aliphatic hydroxyl groups is 1. The highest BCUT2D eigenvalue weighted by Crippen LogP contribution is 2.33. The van der Waals surface area contributed by atoms with Gasteiger partial charge in [-0.15, -0.1) is 0 Å². The Balaban J connectivity index is 1.43. The summed E-state index contributed by atoms with van der Waals surface area (Å²) in [4.78, 5) is 30.1. The second-order valence-corrected chi connectivity index (χ2v) is 10.6. The molecule has 0 aliphatic carbocycles. The highest BCUT2D eigenvalue weighted by Gasteiger charge is 2.29. The van der Waals surface area contributed by atoms with Gasteiger partial charge in [0.05, 0.1) is 36.3 Å². The Morgan fingerprint density at radius 1 is 1.18 bits per heavy atom. The molecule has 4 heterocycles. The molecule has 0 unspecified atom stereocenters. The zero-order valence-electron chi connectivity index (χ0n) is 22.4. The van der Waals surface area contributed by atoms with Crippen molar-refractivity contribution in [2.24, 2.45) is 13.0 Å². The Morgan fingerprint density at radius 2 is 1.95 bits per heavy atom. The topological polar surface area (TPSA) is 105 Å². The highest BCUT2D eigenvalue weighted by atomic mass is 16.6. The minimum absolute atomic E-state index is 0.0172. The second-order valence-electron chi connectivity index (χ2n) is 10.6. The molecule has 0 spiro atoms. The number of esters is 1. The number of nitrogens with zero attached hydrogens (tertiary/aromatic N) is 3. The number of pyridine rings is 1. The first-order valence-corrected chi connectivity index (χ1v) is 13.5. The Bertz CT molecular complexity index is 1320. The predicted molar refractivity (Wildman–Crippen MR) is 143 cm³/mol. The fraction of sp³-hybridized carbons (Fsp3) is 0.552. The minimum atomic E-state index is -0.805. The molecule has 9 heteroatoms. The third-order valence-electron chi connectivity index (χ3n) is 7.73. The summed E-state index contributed by atoms with van der Waals surface area (Å²) in [5.41, 5.74) is 4.51. The molecule has 1 N–H and O–H groups in total. The summed E-state index contributed by atoms with van der Waals surface area (Å²) < 4.78 is 20.4. The van der Waals surface area contributed by atoms with Gasteiger partial charge in [-0.1, -0.05) is 6.07 Å². The predicted octanol–water partition coefficient (Wildman–Crippen LogP) is 3.32. The number of aryl methyl sites for hydroxylation is 3. The number of imidazole rings is 1. The standard InChI is InChI=1S/C29H37N3O6/c1-18-14-21(16-31(3)28(18)34)27-30-25-15-20(5-7-26(25)32(27)22-8-11-36-12-9-22)4-6-24(19(2)33)29(35)38-23-10-13-37-17-23/h5,7,14-16,19,22-24,33H,4,6,8-13,17H2,1-3H3/t19-,23+,24+/m1/s1. The van der Waals surface area contributed by atoms with E-state index < -0.39 is 12.0 Å². The van der Waals surface area contributed by atoms with Gasteiger partial charge in [0, 0.05) is 50.0 Å². The quantitative estimate of drug-likeness (QED) is 0.452. The number of fused-ring (bicyclic) bond motifs is 1. The van der Waals surface area contributed by atoms with Gasteiger partial charge >= 0.3 is 5.97 Å². The fourth-order valence-electron chi connectivity index (χ4n) is 5.55. The number of carbonyl (C=O) groups excluding carboxylic acids is 1. The maximum absolute atomic E-state index is 12.7. The molecule has 0 radical (unpaired) electrons. The van der Waals surface area contributed by atoms with Crippen LogP contribution in [0.15, 0.2) is 35.3 Å². The summed E-state index contributed by atoms with van der Waals surface area (Å²) in [6, 6.07) is 8.40. The molecule has 2 aliphatic rings. The van der Waals surface area contributed by atoms with Crippen LogP contribution in [0.4, 0.5) is 0 Å². The summed E-state index contributed by atoms with van der Waals surface area (Å²) in [5.74, 6) is -0.130. The van der Waals surface area contributed by atoms with Gasteiger partial charge in [0.2, 0.25) is 0 Å². The Morgan fingerprint density at radius 3 is 2.63 bits per heavy atom. The van der Waals surface area contributed by atoms with Crippen LogP contribution in [0.2, 0.25) is 0 Å². The third-order valence-corrected chi connectivity index (χ3v) is 7.73. The molecular weight excluding hydrogens is 486 g/mol. The van der Waals surface area contributed by atoms with Crippen LogP contribution in [0.25, 0.3) is 22.4 Å². The molecule has 0 saturated carbocycles. The maximum atomic E-state index is 12.7. The highest BCUT2D eigenvalue weighted by molar-refractivity contribution is 5.81. The van der Waals surface area contributed by atoms with E-state index in [0.717, 1.165) is 40.8 Å². The van der Waals surface area contributed by atoms with Gasteiger partial charge in [0.15, 0.2) is 0 Å². The molecule has 3 atom stereocenters. The van der Waals surface area contributed by atoms with E-state index in [-0.39, 0.29) is 23.7 Å². The molecule has 2 fully saturated rings. The first-order valence-electron chi connectivity index (χ1n) is 13.5. The van der Waals surface area contributed by atoms with Crippen molar-refractivity contribution in [3.8, 4) is 11.4 Å². The van der Waals surface area contributed by atoms with Gasteiger partial charge in [-0.05, 0) is 63.3 Å². The van der Waals surface area contributed by atoms with Crippen molar-refractivity contribution >= 4 is 17.0 Å². The van der Waals surface area contributed by atoms with Gasteiger partial charge in [0.25, 0.3) is 5.56 Å². The van der Waals surface area contributed by atoms with Crippen LogP contribution in [0.5, 0.6) is 0 Å². The molecule has 2 aromatic heterocycles. The van der Waals surface area contributed by atoms with Gasteiger partial charge in [-0.2, -0.15) is 0 Å².